The van der Waals surface area contributed by atoms with Crippen LogP contribution in [0.2, 0.25) is 5.15 Å². The lowest BCUT2D eigenvalue weighted by atomic mass is 10.1. The number of hydrogen-bond acceptors (Lipinski definition) is 18. The number of para-hydroxylation sites is 1. The minimum absolute atomic E-state index is 0.0259. The molecule has 7 rings (SSSR count). The molecule has 3 heterocycles. The third-order valence-electron chi connectivity index (χ3n) is 8.49. The van der Waals surface area contributed by atoms with Crippen molar-refractivity contribution in [3.8, 4) is 34.0 Å². The monoisotopic (exact) mass is 1120 g/mol. The van der Waals surface area contributed by atoms with Gasteiger partial charge in [0.05, 0.1) is 26.2 Å². The number of hydrogen-bond donors (Lipinski definition) is 4. The number of imide groups is 1. The first-order valence-electron chi connectivity index (χ1n) is 20.5. The van der Waals surface area contributed by atoms with Crippen molar-refractivity contribution in [1.82, 2.24) is 15.0 Å². The highest BCUT2D eigenvalue weighted by Gasteiger charge is 2.28. The summed E-state index contributed by atoms with van der Waals surface area (Å²) in [6, 6.07) is 24.2. The molecular weight excluding hydrogens is 1090 g/mol. The highest BCUT2D eigenvalue weighted by Crippen LogP contribution is 2.32. The molecule has 3 aromatic heterocycles. The summed E-state index contributed by atoms with van der Waals surface area (Å²) in [6.07, 6.45) is 1.71. The van der Waals surface area contributed by atoms with Gasteiger partial charge in [-0.25, -0.2) is 51.0 Å². The Hall–Kier alpha value is -8.93. The molecule has 397 valence electrons. The van der Waals surface area contributed by atoms with E-state index in [-0.39, 0.29) is 56.4 Å². The van der Waals surface area contributed by atoms with Crippen LogP contribution in [0.3, 0.4) is 0 Å². The molecule has 0 atom stereocenters. The molecule has 0 saturated carbocycles. The summed E-state index contributed by atoms with van der Waals surface area (Å²) >= 11 is 11.4. The quantitative estimate of drug-likeness (QED) is 0.0199. The van der Waals surface area contributed by atoms with Gasteiger partial charge in [-0.05, 0) is 73.0 Å². The van der Waals surface area contributed by atoms with Crippen molar-refractivity contribution in [2.75, 3.05) is 22.6 Å². The van der Waals surface area contributed by atoms with E-state index in [0.29, 0.717) is 36.5 Å². The van der Waals surface area contributed by atoms with Gasteiger partial charge in [0.25, 0.3) is 0 Å². The normalized spacial score (nSPS) is 9.87. The SMILES string of the molecule is CC(=O)N(C(C)=O)c1nc(-c2ccc(F)cc2F)ccc1[N+](=O)[O-].Nc1nc(-c2ccc(F)cc2F)ccc1[N+](=O)[O-].Nc1nc(Cl)ccc1[N+](=O)[O-].O=C(Cl)Oc1ccccc1.O[B]Oc1ccc(F)cc1F.[2H]SC. The summed E-state index contributed by atoms with van der Waals surface area (Å²) in [4.78, 5) is 74.8. The van der Waals surface area contributed by atoms with Crippen LogP contribution in [-0.2, 0) is 9.59 Å². The van der Waals surface area contributed by atoms with Gasteiger partial charge in [0.2, 0.25) is 29.3 Å². The largest absolute Gasteiger partial charge is 0.569 e. The number of amides is 2. The predicted octanol–water partition coefficient (Wildman–Crippen LogP) is 10.4. The van der Waals surface area contributed by atoms with Crippen LogP contribution in [0, 0.1) is 65.2 Å². The maximum Gasteiger partial charge on any atom is 0.569 e. The predicted molar refractivity (Wildman–Crippen MR) is 269 cm³/mol. The van der Waals surface area contributed by atoms with Crippen molar-refractivity contribution in [3.05, 3.63) is 192 Å². The van der Waals surface area contributed by atoms with Gasteiger partial charge in [-0.2, -0.15) is 12.5 Å². The third-order valence-corrected chi connectivity index (χ3v) is 8.77. The Balaban J connectivity index is 0.000000339. The summed E-state index contributed by atoms with van der Waals surface area (Å²) in [5, 5.41) is 40.1. The highest BCUT2D eigenvalue weighted by molar-refractivity contribution is 7.79. The number of nitro groups is 3. The van der Waals surface area contributed by atoms with Gasteiger partial charge in [-0.15, -0.1) is 0 Å². The van der Waals surface area contributed by atoms with Gasteiger partial charge in [-0.1, -0.05) is 29.8 Å². The number of halogens is 8. The topological polar surface area (TPSA) is 313 Å². The van der Waals surface area contributed by atoms with E-state index in [2.05, 4.69) is 24.3 Å². The molecule has 1 radical (unpaired) electrons. The molecule has 4 aromatic carbocycles. The fourth-order valence-corrected chi connectivity index (χ4v) is 5.63. The Morgan fingerprint density at radius 2 is 1.08 bits per heavy atom. The second kappa shape index (κ2) is 31.0. The van der Waals surface area contributed by atoms with Crippen LogP contribution < -0.4 is 25.8 Å². The second-order valence-electron chi connectivity index (χ2n) is 13.5. The first kappa shape index (κ1) is 61.4. The van der Waals surface area contributed by atoms with E-state index in [0.717, 1.165) is 74.9 Å². The number of anilines is 3. The lowest BCUT2D eigenvalue weighted by molar-refractivity contribution is -0.384. The summed E-state index contributed by atoms with van der Waals surface area (Å²) in [6.45, 7) is 2.08. The number of aromatic nitrogens is 3. The fourth-order valence-electron chi connectivity index (χ4n) is 5.39. The van der Waals surface area contributed by atoms with Crippen LogP contribution in [0.1, 0.15) is 13.8 Å². The van der Waals surface area contributed by atoms with E-state index in [4.69, 9.17) is 40.8 Å². The Morgan fingerprint density at radius 1 is 0.658 bits per heavy atom. The van der Waals surface area contributed by atoms with Crippen molar-refractivity contribution in [2.24, 2.45) is 0 Å². The van der Waals surface area contributed by atoms with Crippen molar-refractivity contribution in [2.45, 2.75) is 13.8 Å². The van der Waals surface area contributed by atoms with E-state index in [9.17, 15) is 71.1 Å². The number of carbonyl (C=O) groups is 3. The van der Waals surface area contributed by atoms with Crippen molar-refractivity contribution in [3.63, 3.8) is 0 Å². The average molecular weight is 1120 g/mol. The van der Waals surface area contributed by atoms with Crippen molar-refractivity contribution >= 4 is 95.2 Å². The number of rotatable bonds is 9. The molecule has 31 heteroatoms. The Morgan fingerprint density at radius 3 is 1.47 bits per heavy atom. The van der Waals surface area contributed by atoms with Crippen LogP contribution in [0.4, 0.5) is 65.7 Å². The number of nitrogens with two attached hydrogens (primary N) is 2. The molecule has 7 aromatic rings. The minimum Gasteiger partial charge on any atom is -0.535 e. The molecule has 21 nitrogen and oxygen atoms in total. The van der Waals surface area contributed by atoms with Gasteiger partial charge >= 0.3 is 30.2 Å². The summed E-state index contributed by atoms with van der Waals surface area (Å²) < 4.78 is 92.8. The number of benzene rings is 4. The molecule has 0 unspecified atom stereocenters. The zero-order valence-electron chi connectivity index (χ0n) is 39.8. The molecule has 0 fully saturated rings. The molecule has 2 amide bonds. The summed E-state index contributed by atoms with van der Waals surface area (Å²) in [5.41, 5.74) is 8.51. The molecular formula is C45H35BCl2F6N9O12S. The third kappa shape index (κ3) is 19.8. The molecule has 0 aliphatic carbocycles. The minimum atomic E-state index is -0.931. The van der Waals surface area contributed by atoms with Gasteiger partial charge in [0.15, 0.2) is 5.82 Å². The molecule has 0 bridgehead atoms. The Kier molecular flexibility index (Phi) is 25.0. The van der Waals surface area contributed by atoms with Crippen LogP contribution >= 0.6 is 35.7 Å². The molecule has 5 N–H and O–H groups in total. The van der Waals surface area contributed by atoms with E-state index >= 15 is 0 Å². The molecule has 76 heavy (non-hydrogen) atoms. The van der Waals surface area contributed by atoms with Gasteiger partial charge in [-0.3, -0.25) is 39.9 Å². The van der Waals surface area contributed by atoms with Crippen LogP contribution in [0.15, 0.2) is 121 Å². The summed E-state index contributed by atoms with van der Waals surface area (Å²) in [7, 11) is 0.330. The van der Waals surface area contributed by atoms with E-state index in [1.54, 1.807) is 30.5 Å². The number of ether oxygens (including phenoxy) is 1. The first-order valence-corrected chi connectivity index (χ1v) is 21.7. The summed E-state index contributed by atoms with van der Waals surface area (Å²) in [5.74, 6) is -7.12. The Bertz CT molecular complexity index is 3220. The molecule has 0 saturated heterocycles. The smallest absolute Gasteiger partial charge is 0.535 e. The highest BCUT2D eigenvalue weighted by atomic mass is 35.5. The van der Waals surface area contributed by atoms with Gasteiger partial charge < -0.3 is 25.9 Å². The van der Waals surface area contributed by atoms with Crippen molar-refractivity contribution < 1.29 is 69.9 Å². The number of nitrogen functional groups attached to an aromatic ring is 2. The van der Waals surface area contributed by atoms with E-state index in [1.807, 2.05) is 6.07 Å². The molecule has 0 spiro atoms. The maximum atomic E-state index is 13.9. The van der Waals surface area contributed by atoms with E-state index < -0.39 is 78.4 Å². The van der Waals surface area contributed by atoms with Crippen LogP contribution in [0.5, 0.6) is 11.5 Å². The van der Waals surface area contributed by atoms with Gasteiger partial charge in [0.1, 0.15) is 46.9 Å². The van der Waals surface area contributed by atoms with E-state index in [1.165, 1.54) is 24.3 Å². The number of nitrogens with zero attached hydrogens (tertiary/aromatic N) is 7. The van der Waals surface area contributed by atoms with Crippen LogP contribution in [-0.4, -0.2) is 67.1 Å². The lowest BCUT2D eigenvalue weighted by Gasteiger charge is -2.16. The maximum absolute atomic E-state index is 13.9. The number of carbonyl (C=O) groups excluding carboxylic acids is 3. The van der Waals surface area contributed by atoms with Gasteiger partial charge in [0, 0.05) is 73.0 Å². The molecule has 0 aliphatic rings. The molecule has 0 aliphatic heterocycles. The zero-order chi connectivity index (χ0) is 58.1. The standard InChI is InChI=1S/C15H11F2N3O4.C11H7F2N3O2.C7H5ClO2.C6H4BF2O2.C5H4ClN3O2.CH4S/c1-8(21)19(9(2)22)15-14(20(23)24)6-5-13(18-15)11-4-3-10(16)7-12(11)17;12-6-1-2-7(8(13)5-6)9-3-4-10(16(17)18)11(14)15-9;8-7(9)10-6-4-2-1-3-5-6;8-4-1-2-6(11-7-10)5(9)3-4;6-4-2-1-3(9(10)11)5(7)8-4;1-2/h3-7H,1-2H3;1-5H,(H2,14,15);1-5H;1-3,10H;1-2H,(H2,7,8);2H,1H3/i/hD. The van der Waals surface area contributed by atoms with Crippen LogP contribution in [0.25, 0.3) is 22.5 Å². The Labute approximate surface area is 441 Å². The second-order valence-corrected chi connectivity index (χ2v) is 14.2. The number of pyridine rings is 3. The lowest BCUT2D eigenvalue weighted by Crippen LogP contribution is -2.34. The fraction of sp³-hybridized carbons (Fsp3) is 0.0667. The van der Waals surface area contributed by atoms with Crippen molar-refractivity contribution in [1.29, 1.82) is 1.12 Å². The first-order chi connectivity index (χ1) is 36.3. The number of thiol groups is 1. The average Bonchev–Trinajstić information content (AvgIpc) is 3.33. The zero-order valence-corrected chi connectivity index (χ0v) is 41.1.